The summed E-state index contributed by atoms with van der Waals surface area (Å²) >= 11 is 1.46. The molecule has 1 aromatic carbocycles. The van der Waals surface area contributed by atoms with Crippen LogP contribution in [0.25, 0.3) is 10.4 Å². The smallest absolute Gasteiger partial charge is 0.258 e. The first-order chi connectivity index (χ1) is 10.7. The van der Waals surface area contributed by atoms with Crippen LogP contribution in [0.4, 0.5) is 10.7 Å². The number of nitrogens with two attached hydrogens (primary N) is 1. The Balaban J connectivity index is 1.73. The lowest BCUT2D eigenvalue weighted by molar-refractivity contribution is 0.102. The van der Waals surface area contributed by atoms with Gasteiger partial charge in [-0.1, -0.05) is 18.2 Å². The van der Waals surface area contributed by atoms with E-state index in [0.717, 1.165) is 40.2 Å². The fraction of sp³-hybridized carbons (Fsp3) is 0.125. The molecule has 4 rings (SSSR count). The molecule has 0 fully saturated rings. The summed E-state index contributed by atoms with van der Waals surface area (Å²) in [4.78, 5) is 13.7. The maximum Gasteiger partial charge on any atom is 0.258 e. The molecule has 0 unspecified atom stereocenters. The van der Waals surface area contributed by atoms with E-state index in [4.69, 9.17) is 5.73 Å². The lowest BCUT2D eigenvalue weighted by atomic mass is 9.94. The van der Waals surface area contributed by atoms with Gasteiger partial charge in [0.25, 0.3) is 5.91 Å². The van der Waals surface area contributed by atoms with Gasteiger partial charge in [0.1, 0.15) is 0 Å². The minimum atomic E-state index is -0.145. The normalized spacial score (nSPS) is 12.5. The monoisotopic (exact) mass is 310 g/mol. The van der Waals surface area contributed by atoms with Gasteiger partial charge < -0.3 is 11.1 Å². The molecule has 1 aliphatic carbocycles. The van der Waals surface area contributed by atoms with Crippen LogP contribution in [0.1, 0.15) is 21.6 Å². The summed E-state index contributed by atoms with van der Waals surface area (Å²) in [6, 6.07) is 9.42. The molecule has 0 bridgehead atoms. The van der Waals surface area contributed by atoms with Gasteiger partial charge in [-0.3, -0.25) is 9.89 Å². The molecule has 4 N–H and O–H groups in total. The van der Waals surface area contributed by atoms with Gasteiger partial charge in [0.05, 0.1) is 16.8 Å². The van der Waals surface area contributed by atoms with Crippen molar-refractivity contribution in [3.05, 3.63) is 53.3 Å². The van der Waals surface area contributed by atoms with E-state index in [1.165, 1.54) is 11.3 Å². The number of carbonyl (C=O) groups is 1. The first kappa shape index (κ1) is 13.1. The van der Waals surface area contributed by atoms with Crippen LogP contribution in [0.2, 0.25) is 0 Å². The summed E-state index contributed by atoms with van der Waals surface area (Å²) in [7, 11) is 0. The lowest BCUT2D eigenvalue weighted by Gasteiger charge is -2.13. The number of carbonyl (C=O) groups excluding carboxylic acids is 1. The summed E-state index contributed by atoms with van der Waals surface area (Å²) in [6.07, 6.45) is 3.46. The van der Waals surface area contributed by atoms with E-state index in [9.17, 15) is 4.79 Å². The van der Waals surface area contributed by atoms with E-state index in [1.807, 2.05) is 36.5 Å². The van der Waals surface area contributed by atoms with Gasteiger partial charge in [0.2, 0.25) is 0 Å². The molecule has 0 aliphatic heterocycles. The van der Waals surface area contributed by atoms with E-state index in [2.05, 4.69) is 15.5 Å². The summed E-state index contributed by atoms with van der Waals surface area (Å²) in [6.45, 7) is 0. The van der Waals surface area contributed by atoms with Crippen molar-refractivity contribution >= 4 is 27.9 Å². The van der Waals surface area contributed by atoms with Gasteiger partial charge in [-0.05, 0) is 30.5 Å². The zero-order valence-corrected chi connectivity index (χ0v) is 12.5. The second-order valence-corrected chi connectivity index (χ2v) is 6.28. The van der Waals surface area contributed by atoms with E-state index >= 15 is 0 Å². The number of hydrogen-bond acceptors (Lipinski definition) is 4. The molecule has 6 heteroatoms. The number of thiophene rings is 1. The number of aryl methyl sites for hydroxylation is 1. The van der Waals surface area contributed by atoms with Crippen molar-refractivity contribution in [1.29, 1.82) is 0 Å². The predicted molar refractivity (Wildman–Crippen MR) is 88.1 cm³/mol. The molecule has 2 heterocycles. The van der Waals surface area contributed by atoms with Gasteiger partial charge in [0.15, 0.2) is 0 Å². The molecular formula is C16H14N4OS. The van der Waals surface area contributed by atoms with E-state index in [1.54, 1.807) is 0 Å². The number of nitrogens with zero attached hydrogens (tertiary/aromatic N) is 1. The molecule has 110 valence electrons. The molecular weight excluding hydrogens is 296 g/mol. The van der Waals surface area contributed by atoms with Crippen LogP contribution in [0.3, 0.4) is 0 Å². The minimum Gasteiger partial charge on any atom is -0.390 e. The van der Waals surface area contributed by atoms with Gasteiger partial charge in [-0.25, -0.2) is 0 Å². The third-order valence-corrected chi connectivity index (χ3v) is 4.98. The Labute approximate surface area is 131 Å². The average molecular weight is 310 g/mol. The maximum atomic E-state index is 12.6. The van der Waals surface area contributed by atoms with Gasteiger partial charge >= 0.3 is 0 Å². The zero-order chi connectivity index (χ0) is 15.1. The topological polar surface area (TPSA) is 83.8 Å². The second-order valence-electron chi connectivity index (χ2n) is 5.23. The number of fused-ring (bicyclic) bond motifs is 3. The van der Waals surface area contributed by atoms with E-state index < -0.39 is 0 Å². The number of para-hydroxylation sites is 1. The first-order valence-electron chi connectivity index (χ1n) is 7.04. The van der Waals surface area contributed by atoms with Gasteiger partial charge in [-0.2, -0.15) is 5.10 Å². The second kappa shape index (κ2) is 4.99. The largest absolute Gasteiger partial charge is 0.390 e. The van der Waals surface area contributed by atoms with Crippen LogP contribution in [-0.4, -0.2) is 16.1 Å². The SMILES string of the molecule is Nc1sc2c(c1C(=O)Nc1ccccc1)CCc1[nH]ncc1-2. The number of anilines is 2. The summed E-state index contributed by atoms with van der Waals surface area (Å²) in [5.41, 5.74) is 10.7. The Morgan fingerprint density at radius 3 is 2.91 bits per heavy atom. The number of benzene rings is 1. The number of hydrogen-bond donors (Lipinski definition) is 3. The molecule has 1 amide bonds. The third-order valence-electron chi connectivity index (χ3n) is 3.88. The van der Waals surface area contributed by atoms with Crippen molar-refractivity contribution in [2.75, 3.05) is 11.1 Å². The Morgan fingerprint density at radius 2 is 2.09 bits per heavy atom. The number of H-pyrrole nitrogens is 1. The number of rotatable bonds is 2. The molecule has 2 aromatic heterocycles. The third kappa shape index (κ3) is 2.00. The Hall–Kier alpha value is -2.60. The number of nitrogens with one attached hydrogen (secondary N) is 2. The highest BCUT2D eigenvalue weighted by Crippen LogP contribution is 2.43. The number of nitrogen functional groups attached to an aromatic ring is 1. The van der Waals surface area contributed by atoms with Crippen LogP contribution in [0.15, 0.2) is 36.5 Å². The molecule has 0 saturated heterocycles. The predicted octanol–water partition coefficient (Wildman–Crippen LogP) is 3.07. The van der Waals surface area contributed by atoms with Crippen LogP contribution in [0.5, 0.6) is 0 Å². The van der Waals surface area contributed by atoms with E-state index in [-0.39, 0.29) is 5.91 Å². The summed E-state index contributed by atoms with van der Waals surface area (Å²) < 4.78 is 0. The summed E-state index contributed by atoms with van der Waals surface area (Å²) in [5, 5.41) is 10.6. The van der Waals surface area contributed by atoms with Crippen molar-refractivity contribution < 1.29 is 4.79 Å². The molecule has 1 aliphatic rings. The molecule has 0 spiro atoms. The van der Waals surface area contributed by atoms with Crippen LogP contribution < -0.4 is 11.1 Å². The standard InChI is InChI=1S/C16H14N4OS/c17-15-13(16(21)19-9-4-2-1-3-5-9)10-6-7-12-11(8-18-20-12)14(10)22-15/h1-5,8H,6-7,17H2,(H,18,20)(H,19,21). The van der Waals surface area contributed by atoms with Crippen molar-refractivity contribution in [1.82, 2.24) is 10.2 Å². The highest BCUT2D eigenvalue weighted by atomic mass is 32.1. The highest BCUT2D eigenvalue weighted by Gasteiger charge is 2.28. The molecule has 0 atom stereocenters. The quantitative estimate of drug-likeness (QED) is 0.680. The van der Waals surface area contributed by atoms with Gasteiger partial charge in [-0.15, -0.1) is 11.3 Å². The van der Waals surface area contributed by atoms with Crippen LogP contribution in [0, 0.1) is 0 Å². The maximum absolute atomic E-state index is 12.6. The minimum absolute atomic E-state index is 0.145. The van der Waals surface area contributed by atoms with Crippen LogP contribution >= 0.6 is 11.3 Å². The molecule has 22 heavy (non-hydrogen) atoms. The first-order valence-corrected chi connectivity index (χ1v) is 7.86. The highest BCUT2D eigenvalue weighted by molar-refractivity contribution is 7.20. The molecule has 0 radical (unpaired) electrons. The molecule has 5 nitrogen and oxygen atoms in total. The van der Waals surface area contributed by atoms with Gasteiger partial charge in [0, 0.05) is 21.8 Å². The Morgan fingerprint density at radius 1 is 1.27 bits per heavy atom. The lowest BCUT2D eigenvalue weighted by Crippen LogP contribution is -2.16. The van der Waals surface area contributed by atoms with Crippen molar-refractivity contribution in [3.63, 3.8) is 0 Å². The van der Waals surface area contributed by atoms with Crippen molar-refractivity contribution in [2.45, 2.75) is 12.8 Å². The molecule has 0 saturated carbocycles. The number of amides is 1. The van der Waals surface area contributed by atoms with Crippen molar-refractivity contribution in [3.8, 4) is 10.4 Å². The van der Waals surface area contributed by atoms with Crippen LogP contribution in [-0.2, 0) is 12.8 Å². The number of aromatic amines is 1. The Kier molecular flexibility index (Phi) is 2.97. The zero-order valence-electron chi connectivity index (χ0n) is 11.7. The fourth-order valence-corrected chi connectivity index (χ4v) is 4.01. The molecule has 3 aromatic rings. The average Bonchev–Trinajstić information content (AvgIpc) is 3.10. The van der Waals surface area contributed by atoms with E-state index in [0.29, 0.717) is 10.6 Å². The summed E-state index contributed by atoms with van der Waals surface area (Å²) in [5.74, 6) is -0.145. The fourth-order valence-electron chi connectivity index (χ4n) is 2.85. The number of aromatic nitrogens is 2. The Bertz CT molecular complexity index is 850. The van der Waals surface area contributed by atoms with Crippen molar-refractivity contribution in [2.24, 2.45) is 0 Å².